The summed E-state index contributed by atoms with van der Waals surface area (Å²) in [7, 11) is -3.62. The molecule has 0 aliphatic carbocycles. The average Bonchev–Trinajstić information content (AvgIpc) is 3.51. The Kier molecular flexibility index (Phi) is 7.96. The Morgan fingerprint density at radius 2 is 1.64 bits per heavy atom. The van der Waals surface area contributed by atoms with Gasteiger partial charge in [0, 0.05) is 39.3 Å². The first-order valence-corrected chi connectivity index (χ1v) is 13.9. The van der Waals surface area contributed by atoms with Crippen LogP contribution in [-0.2, 0) is 32.5 Å². The van der Waals surface area contributed by atoms with Crippen LogP contribution >= 0.6 is 0 Å². The third-order valence-corrected chi connectivity index (χ3v) is 9.33. The van der Waals surface area contributed by atoms with Crippen LogP contribution in [0.15, 0.2) is 24.3 Å². The molecule has 0 radical (unpaired) electrons. The molecule has 3 fully saturated rings. The predicted molar refractivity (Wildman–Crippen MR) is 127 cm³/mol. The van der Waals surface area contributed by atoms with Gasteiger partial charge in [-0.05, 0) is 55.7 Å². The summed E-state index contributed by atoms with van der Waals surface area (Å²) in [6, 6.07) is 3.91. The van der Waals surface area contributed by atoms with E-state index >= 15 is 0 Å². The summed E-state index contributed by atoms with van der Waals surface area (Å²) in [4.78, 5) is 27.8. The van der Waals surface area contributed by atoms with Crippen molar-refractivity contribution in [2.75, 3.05) is 32.7 Å². The number of hydrogen-bond acceptors (Lipinski definition) is 4. The number of benzene rings is 1. The molecule has 0 saturated carbocycles. The molecule has 0 unspecified atom stereocenters. The monoisotopic (exact) mass is 530 g/mol. The summed E-state index contributed by atoms with van der Waals surface area (Å²) >= 11 is 0. The van der Waals surface area contributed by atoms with Crippen LogP contribution < -0.4 is 5.32 Å². The number of rotatable bonds is 6. The fourth-order valence-corrected chi connectivity index (χ4v) is 7.11. The predicted octanol–water partition coefficient (Wildman–Crippen LogP) is 2.61. The van der Waals surface area contributed by atoms with Gasteiger partial charge in [-0.2, -0.15) is 30.2 Å². The third kappa shape index (κ3) is 5.86. The summed E-state index contributed by atoms with van der Waals surface area (Å²) in [5, 5.41) is 2.73. The van der Waals surface area contributed by atoms with Gasteiger partial charge in [0.25, 0.3) is 10.2 Å². The summed E-state index contributed by atoms with van der Waals surface area (Å²) in [5.74, 6) is -0.755. The number of nitrogens with zero attached hydrogens (tertiary/aromatic N) is 3. The standard InChI is InChI=1S/C24H33F3N4O4S/c1-17-10-13-30(15-17)36(34,35)29-11-2-4-19(16-29)23(33)31-12-3-5-21(31)22(32)28-14-18-6-8-20(9-7-18)24(25,26)27/h6-9,17,19,21H,2-5,10-16H2,1H3,(H,28,32)/t17-,19+,21-/m1/s1. The van der Waals surface area contributed by atoms with Gasteiger partial charge in [0.2, 0.25) is 11.8 Å². The second-order valence-corrected chi connectivity index (χ2v) is 12.0. The summed E-state index contributed by atoms with van der Waals surface area (Å²) in [6.07, 6.45) is -1.30. The van der Waals surface area contributed by atoms with Gasteiger partial charge in [0.1, 0.15) is 6.04 Å². The second-order valence-electron chi connectivity index (χ2n) is 10.1. The maximum absolute atomic E-state index is 13.4. The van der Waals surface area contributed by atoms with Crippen molar-refractivity contribution in [2.45, 2.75) is 57.8 Å². The number of carbonyl (C=O) groups excluding carboxylic acids is 2. The molecule has 3 aliphatic heterocycles. The fraction of sp³-hybridized carbons (Fsp3) is 0.667. The van der Waals surface area contributed by atoms with Crippen molar-refractivity contribution < 1.29 is 31.2 Å². The third-order valence-electron chi connectivity index (χ3n) is 7.36. The van der Waals surface area contributed by atoms with E-state index in [1.807, 2.05) is 6.92 Å². The lowest BCUT2D eigenvalue weighted by molar-refractivity contribution is -0.142. The highest BCUT2D eigenvalue weighted by Crippen LogP contribution is 2.30. The summed E-state index contributed by atoms with van der Waals surface area (Å²) in [5.41, 5.74) is -0.232. The van der Waals surface area contributed by atoms with Crippen LogP contribution in [-0.4, -0.2) is 72.5 Å². The molecule has 1 aromatic rings. The van der Waals surface area contributed by atoms with Crippen molar-refractivity contribution >= 4 is 22.0 Å². The normalized spacial score (nSPS) is 26.3. The molecule has 200 valence electrons. The number of nitrogens with one attached hydrogen (secondary N) is 1. The number of amides is 2. The van der Waals surface area contributed by atoms with Crippen molar-refractivity contribution in [3.8, 4) is 0 Å². The molecule has 3 saturated heterocycles. The first-order valence-electron chi connectivity index (χ1n) is 12.5. The van der Waals surface area contributed by atoms with E-state index in [-0.39, 0.29) is 24.9 Å². The van der Waals surface area contributed by atoms with Crippen molar-refractivity contribution in [3.05, 3.63) is 35.4 Å². The Balaban J connectivity index is 1.35. The summed E-state index contributed by atoms with van der Waals surface area (Å²) in [6.45, 7) is 3.98. The largest absolute Gasteiger partial charge is 0.416 e. The highest BCUT2D eigenvalue weighted by atomic mass is 32.2. The number of halogens is 3. The molecular formula is C24H33F3N4O4S. The Hall–Kier alpha value is -2.18. The van der Waals surface area contributed by atoms with Crippen LogP contribution in [0.1, 0.15) is 50.2 Å². The Morgan fingerprint density at radius 3 is 2.28 bits per heavy atom. The molecule has 8 nitrogen and oxygen atoms in total. The number of alkyl halides is 3. The highest BCUT2D eigenvalue weighted by molar-refractivity contribution is 7.86. The van der Waals surface area contributed by atoms with Crippen molar-refractivity contribution in [2.24, 2.45) is 11.8 Å². The Bertz CT molecular complexity index is 1060. The van der Waals surface area contributed by atoms with Gasteiger partial charge in [0.05, 0.1) is 11.5 Å². The van der Waals surface area contributed by atoms with Crippen LogP contribution in [0.3, 0.4) is 0 Å². The molecule has 3 atom stereocenters. The SMILES string of the molecule is C[C@@H]1CCN(S(=O)(=O)N2CCC[C@H](C(=O)N3CCC[C@@H]3C(=O)NCc3ccc(C(F)(F)F)cc3)C2)C1. The molecule has 3 aliphatic rings. The summed E-state index contributed by atoms with van der Waals surface area (Å²) < 4.78 is 67.3. The topological polar surface area (TPSA) is 90.0 Å². The molecule has 12 heteroatoms. The van der Waals surface area contributed by atoms with Gasteiger partial charge in [0.15, 0.2) is 0 Å². The zero-order valence-corrected chi connectivity index (χ0v) is 21.2. The molecular weight excluding hydrogens is 497 g/mol. The van der Waals surface area contributed by atoms with E-state index in [0.29, 0.717) is 63.3 Å². The van der Waals surface area contributed by atoms with Crippen LogP contribution in [0.5, 0.6) is 0 Å². The molecule has 3 heterocycles. The molecule has 1 N–H and O–H groups in total. The van der Waals surface area contributed by atoms with Crippen LogP contribution in [0.4, 0.5) is 13.2 Å². The van der Waals surface area contributed by atoms with E-state index in [0.717, 1.165) is 18.6 Å². The fourth-order valence-electron chi connectivity index (χ4n) is 5.28. The minimum absolute atomic E-state index is 0.0548. The zero-order chi connectivity index (χ0) is 26.1. The van der Waals surface area contributed by atoms with E-state index in [1.54, 1.807) is 4.90 Å². The first-order chi connectivity index (χ1) is 17.0. The second kappa shape index (κ2) is 10.7. The molecule has 4 rings (SSSR count). The van der Waals surface area contributed by atoms with Gasteiger partial charge in [-0.1, -0.05) is 19.1 Å². The average molecular weight is 531 g/mol. The van der Waals surface area contributed by atoms with Gasteiger partial charge in [-0.25, -0.2) is 0 Å². The molecule has 0 spiro atoms. The first kappa shape index (κ1) is 26.9. The van der Waals surface area contributed by atoms with Gasteiger partial charge in [-0.3, -0.25) is 9.59 Å². The maximum Gasteiger partial charge on any atom is 0.416 e. The van der Waals surface area contributed by atoms with E-state index in [2.05, 4.69) is 5.32 Å². The van der Waals surface area contributed by atoms with Crippen LogP contribution in [0.25, 0.3) is 0 Å². The van der Waals surface area contributed by atoms with E-state index in [4.69, 9.17) is 0 Å². The van der Waals surface area contributed by atoms with Crippen molar-refractivity contribution in [1.29, 1.82) is 0 Å². The highest BCUT2D eigenvalue weighted by Gasteiger charge is 2.42. The Morgan fingerprint density at radius 1 is 0.972 bits per heavy atom. The van der Waals surface area contributed by atoms with E-state index < -0.39 is 33.9 Å². The van der Waals surface area contributed by atoms with Crippen molar-refractivity contribution in [1.82, 2.24) is 18.8 Å². The minimum Gasteiger partial charge on any atom is -0.350 e. The lowest BCUT2D eigenvalue weighted by Gasteiger charge is -2.36. The molecule has 36 heavy (non-hydrogen) atoms. The molecule has 0 aromatic heterocycles. The molecule has 1 aromatic carbocycles. The number of piperidine rings is 1. The van der Waals surface area contributed by atoms with Gasteiger partial charge >= 0.3 is 6.18 Å². The lowest BCUT2D eigenvalue weighted by atomic mass is 9.97. The van der Waals surface area contributed by atoms with Crippen LogP contribution in [0, 0.1) is 11.8 Å². The van der Waals surface area contributed by atoms with Gasteiger partial charge in [-0.15, -0.1) is 0 Å². The number of likely N-dealkylation sites (tertiary alicyclic amines) is 1. The van der Waals surface area contributed by atoms with E-state index in [1.165, 1.54) is 20.7 Å². The minimum atomic E-state index is -4.42. The molecule has 0 bridgehead atoms. The zero-order valence-electron chi connectivity index (χ0n) is 20.3. The number of carbonyl (C=O) groups is 2. The maximum atomic E-state index is 13.4. The Labute approximate surface area is 210 Å². The van der Waals surface area contributed by atoms with Crippen molar-refractivity contribution in [3.63, 3.8) is 0 Å². The van der Waals surface area contributed by atoms with Gasteiger partial charge < -0.3 is 10.2 Å². The van der Waals surface area contributed by atoms with E-state index in [9.17, 15) is 31.2 Å². The molecule has 2 amide bonds. The lowest BCUT2D eigenvalue weighted by Crippen LogP contribution is -2.53. The number of hydrogen-bond donors (Lipinski definition) is 1. The quantitative estimate of drug-likeness (QED) is 0.613. The van der Waals surface area contributed by atoms with Crippen LogP contribution in [0.2, 0.25) is 0 Å². The smallest absolute Gasteiger partial charge is 0.350 e.